The molecule has 4 rings (SSSR count). The molecule has 1 fully saturated rings. The van der Waals surface area contributed by atoms with Gasteiger partial charge in [0, 0.05) is 30.9 Å². The third-order valence-electron chi connectivity index (χ3n) is 5.81. The zero-order valence-electron chi connectivity index (χ0n) is 20.1. The number of nitrogens with one attached hydrogen (secondary N) is 3. The van der Waals surface area contributed by atoms with E-state index in [1.807, 2.05) is 0 Å². The van der Waals surface area contributed by atoms with Crippen LogP contribution in [-0.4, -0.2) is 45.9 Å². The molecule has 0 saturated carbocycles. The maximum absolute atomic E-state index is 13.3. The molecule has 2 heterocycles. The van der Waals surface area contributed by atoms with Gasteiger partial charge in [0.1, 0.15) is 16.5 Å². The van der Waals surface area contributed by atoms with Crippen molar-refractivity contribution in [2.24, 2.45) is 0 Å². The molecule has 3 N–H and O–H groups in total. The fourth-order valence-electron chi connectivity index (χ4n) is 4.23. The van der Waals surface area contributed by atoms with Crippen molar-refractivity contribution in [3.8, 4) is 0 Å². The number of carbonyl (C=O) groups is 1. The summed E-state index contributed by atoms with van der Waals surface area (Å²) in [6, 6.07) is 9.24. The molecule has 1 aliphatic rings. The zero-order chi connectivity index (χ0) is 26.7. The summed E-state index contributed by atoms with van der Waals surface area (Å²) in [4.78, 5) is 37.5. The Hall–Kier alpha value is -4.03. The summed E-state index contributed by atoms with van der Waals surface area (Å²) in [5.41, 5.74) is 0.644. The summed E-state index contributed by atoms with van der Waals surface area (Å²) in [7, 11) is 0. The molecule has 2 amide bonds. The first-order chi connectivity index (χ1) is 17.6. The van der Waals surface area contributed by atoms with Crippen LogP contribution in [-0.2, 0) is 6.54 Å². The van der Waals surface area contributed by atoms with Crippen LogP contribution in [0.5, 0.6) is 0 Å². The second-order valence-electron chi connectivity index (χ2n) is 8.87. The van der Waals surface area contributed by atoms with E-state index in [0.717, 1.165) is 23.8 Å². The summed E-state index contributed by atoms with van der Waals surface area (Å²) < 4.78 is 14.6. The highest BCUT2D eigenvalue weighted by Crippen LogP contribution is 2.26. The minimum atomic E-state index is -0.786. The van der Waals surface area contributed by atoms with Gasteiger partial charge in [-0.15, -0.1) is 0 Å². The average Bonchev–Trinajstić information content (AvgIpc) is 2.83. The van der Waals surface area contributed by atoms with Crippen molar-refractivity contribution in [2.75, 3.05) is 28.6 Å². The van der Waals surface area contributed by atoms with E-state index < -0.39 is 28.0 Å². The van der Waals surface area contributed by atoms with E-state index in [0.29, 0.717) is 24.5 Å². The fraction of sp³-hybridized carbons (Fsp3) is 0.292. The number of urea groups is 1. The SMILES string of the molecule is C[C@@H]1CN(c2cnn(Cc3ccc(NC(=O)Nc4ccc(F)cc4[N+](=O)[O-])cc3)c(=O)c2Cl)C[C@H](C)N1. The van der Waals surface area contributed by atoms with Gasteiger partial charge in [0.05, 0.1) is 29.4 Å². The molecule has 0 bridgehead atoms. The number of rotatable bonds is 6. The minimum Gasteiger partial charge on any atom is -0.366 e. The number of anilines is 3. The Labute approximate surface area is 216 Å². The Bertz CT molecular complexity index is 1370. The molecular weight excluding hydrogens is 505 g/mol. The molecule has 0 spiro atoms. The lowest BCUT2D eigenvalue weighted by atomic mass is 10.1. The number of aromatic nitrogens is 2. The maximum Gasteiger partial charge on any atom is 0.323 e. The van der Waals surface area contributed by atoms with Crippen LogP contribution in [0.4, 0.5) is 31.9 Å². The van der Waals surface area contributed by atoms with Crippen molar-refractivity contribution >= 4 is 40.4 Å². The Kier molecular flexibility index (Phi) is 7.69. The normalized spacial score (nSPS) is 17.4. The van der Waals surface area contributed by atoms with Crippen LogP contribution in [0, 0.1) is 15.9 Å². The molecule has 2 aromatic carbocycles. The first kappa shape index (κ1) is 26.0. The van der Waals surface area contributed by atoms with E-state index in [2.05, 4.69) is 39.8 Å². The van der Waals surface area contributed by atoms with Gasteiger partial charge in [-0.25, -0.2) is 13.9 Å². The number of hydrogen-bond donors (Lipinski definition) is 3. The summed E-state index contributed by atoms with van der Waals surface area (Å²) in [5, 5.41) is 23.8. The van der Waals surface area contributed by atoms with E-state index in [1.54, 1.807) is 30.5 Å². The number of benzene rings is 2. The monoisotopic (exact) mass is 529 g/mol. The molecule has 0 unspecified atom stereocenters. The van der Waals surface area contributed by atoms with E-state index >= 15 is 0 Å². The summed E-state index contributed by atoms with van der Waals surface area (Å²) in [6.07, 6.45) is 1.60. The van der Waals surface area contributed by atoms with Gasteiger partial charge in [-0.1, -0.05) is 23.7 Å². The van der Waals surface area contributed by atoms with Gasteiger partial charge in [0.25, 0.3) is 11.2 Å². The fourth-order valence-corrected chi connectivity index (χ4v) is 4.49. The van der Waals surface area contributed by atoms with Gasteiger partial charge < -0.3 is 20.9 Å². The van der Waals surface area contributed by atoms with E-state index in [4.69, 9.17) is 11.6 Å². The molecular formula is C24H25ClFN7O4. The predicted octanol–water partition coefficient (Wildman–Crippen LogP) is 3.82. The Morgan fingerprint density at radius 3 is 2.51 bits per heavy atom. The van der Waals surface area contributed by atoms with Gasteiger partial charge in [0.15, 0.2) is 0 Å². The lowest BCUT2D eigenvalue weighted by molar-refractivity contribution is -0.384. The lowest BCUT2D eigenvalue weighted by Crippen LogP contribution is -2.54. The van der Waals surface area contributed by atoms with Gasteiger partial charge in [-0.05, 0) is 43.7 Å². The third-order valence-corrected chi connectivity index (χ3v) is 6.17. The molecule has 2 atom stereocenters. The van der Waals surface area contributed by atoms with Crippen LogP contribution in [0.25, 0.3) is 0 Å². The standard InChI is InChI=1S/C24H25ClFN7O4/c1-14-11-31(12-15(2)28-14)21-10-27-32(23(34)22(21)25)13-16-3-6-18(7-4-16)29-24(35)30-19-8-5-17(26)9-20(19)33(36)37/h3-10,14-15,28H,11-13H2,1-2H3,(H2,29,30,35)/t14-,15+. The predicted molar refractivity (Wildman–Crippen MR) is 139 cm³/mol. The van der Waals surface area contributed by atoms with E-state index in [1.165, 1.54) is 4.68 Å². The number of carbonyl (C=O) groups excluding carboxylic acids is 1. The first-order valence-electron chi connectivity index (χ1n) is 11.5. The van der Waals surface area contributed by atoms with E-state index in [-0.39, 0.29) is 29.3 Å². The number of nitrogens with zero attached hydrogens (tertiary/aromatic N) is 4. The van der Waals surface area contributed by atoms with Crippen LogP contribution in [0.3, 0.4) is 0 Å². The molecule has 1 aromatic heterocycles. The van der Waals surface area contributed by atoms with Crippen molar-refractivity contribution in [1.29, 1.82) is 0 Å². The highest BCUT2D eigenvalue weighted by atomic mass is 35.5. The molecule has 194 valence electrons. The number of amides is 2. The highest BCUT2D eigenvalue weighted by Gasteiger charge is 2.24. The number of piperazine rings is 1. The molecule has 37 heavy (non-hydrogen) atoms. The zero-order valence-corrected chi connectivity index (χ0v) is 20.8. The Morgan fingerprint density at radius 2 is 1.86 bits per heavy atom. The van der Waals surface area contributed by atoms with E-state index in [9.17, 15) is 24.1 Å². The molecule has 1 aliphatic heterocycles. The second kappa shape index (κ2) is 10.9. The smallest absolute Gasteiger partial charge is 0.323 e. The molecule has 1 saturated heterocycles. The second-order valence-corrected chi connectivity index (χ2v) is 9.25. The van der Waals surface area contributed by atoms with Crippen molar-refractivity contribution in [3.05, 3.63) is 85.5 Å². The summed E-state index contributed by atoms with van der Waals surface area (Å²) in [6.45, 7) is 5.74. The van der Waals surface area contributed by atoms with Crippen molar-refractivity contribution in [3.63, 3.8) is 0 Å². The molecule has 0 radical (unpaired) electrons. The third kappa shape index (κ3) is 6.22. The minimum absolute atomic E-state index is 0.112. The topological polar surface area (TPSA) is 134 Å². The Morgan fingerprint density at radius 1 is 1.19 bits per heavy atom. The van der Waals surface area contributed by atoms with Crippen molar-refractivity contribution in [2.45, 2.75) is 32.5 Å². The number of hydrogen-bond acceptors (Lipinski definition) is 7. The largest absolute Gasteiger partial charge is 0.366 e. The summed E-state index contributed by atoms with van der Waals surface area (Å²) >= 11 is 6.43. The first-order valence-corrected chi connectivity index (χ1v) is 11.9. The van der Waals surface area contributed by atoms with Gasteiger partial charge in [-0.2, -0.15) is 5.10 Å². The number of halogens is 2. The van der Waals surface area contributed by atoms with Crippen LogP contribution in [0.2, 0.25) is 5.02 Å². The average molecular weight is 530 g/mol. The quantitative estimate of drug-likeness (QED) is 0.326. The van der Waals surface area contributed by atoms with Crippen LogP contribution < -0.4 is 26.4 Å². The lowest BCUT2D eigenvalue weighted by Gasteiger charge is -2.37. The van der Waals surface area contributed by atoms with Crippen molar-refractivity contribution < 1.29 is 14.1 Å². The van der Waals surface area contributed by atoms with Gasteiger partial charge in [0.2, 0.25) is 0 Å². The van der Waals surface area contributed by atoms with Gasteiger partial charge in [-0.3, -0.25) is 14.9 Å². The van der Waals surface area contributed by atoms with Crippen LogP contribution in [0.15, 0.2) is 53.5 Å². The molecule has 13 heteroatoms. The van der Waals surface area contributed by atoms with Gasteiger partial charge >= 0.3 is 6.03 Å². The van der Waals surface area contributed by atoms with Crippen LogP contribution >= 0.6 is 11.6 Å². The number of nitro groups is 1. The summed E-state index contributed by atoms with van der Waals surface area (Å²) in [5.74, 6) is -0.786. The molecule has 0 aliphatic carbocycles. The van der Waals surface area contributed by atoms with Crippen LogP contribution in [0.1, 0.15) is 19.4 Å². The number of nitro benzene ring substituents is 1. The van der Waals surface area contributed by atoms with Crippen molar-refractivity contribution in [1.82, 2.24) is 15.1 Å². The molecule has 3 aromatic rings. The highest BCUT2D eigenvalue weighted by molar-refractivity contribution is 6.33. The Balaban J connectivity index is 1.41. The molecule has 11 nitrogen and oxygen atoms in total. The maximum atomic E-state index is 13.3.